The van der Waals surface area contributed by atoms with Gasteiger partial charge in [-0.1, -0.05) is 35.9 Å². The van der Waals surface area contributed by atoms with Crippen molar-refractivity contribution in [1.29, 1.82) is 0 Å². The second-order valence-corrected chi connectivity index (χ2v) is 10.5. The lowest BCUT2D eigenvalue weighted by Gasteiger charge is -2.30. The number of carbonyl (C=O) groups is 3. The van der Waals surface area contributed by atoms with E-state index in [0.29, 0.717) is 30.3 Å². The number of methoxy groups -OCH3 is 2. The zero-order valence-corrected chi connectivity index (χ0v) is 25.9. The molecule has 1 heterocycles. The molecule has 1 amide bonds. The molecule has 0 spiro atoms. The second kappa shape index (κ2) is 16.7. The highest BCUT2D eigenvalue weighted by Crippen LogP contribution is 2.39. The SMILES string of the molecule is COc1ccc(COc2ccc(C(=O)N(CCCC(=O)C(=O)O)OC3CCCCO3)c(Cl)c2OCc2ccc(OC)cc2)cc1. The van der Waals surface area contributed by atoms with Gasteiger partial charge in [-0.3, -0.25) is 9.59 Å². The fourth-order valence-corrected chi connectivity index (χ4v) is 4.77. The van der Waals surface area contributed by atoms with Crippen LogP contribution in [0.3, 0.4) is 0 Å². The first-order chi connectivity index (χ1) is 21.8. The van der Waals surface area contributed by atoms with E-state index in [4.69, 9.17) is 45.2 Å². The van der Waals surface area contributed by atoms with Crippen LogP contribution < -0.4 is 18.9 Å². The molecule has 1 aliphatic rings. The molecule has 0 aromatic heterocycles. The molecule has 1 saturated heterocycles. The molecule has 1 atom stereocenters. The van der Waals surface area contributed by atoms with Gasteiger partial charge in [0, 0.05) is 26.0 Å². The van der Waals surface area contributed by atoms with E-state index >= 15 is 0 Å². The number of halogens is 1. The van der Waals surface area contributed by atoms with Crippen molar-refractivity contribution in [2.75, 3.05) is 27.4 Å². The van der Waals surface area contributed by atoms with Gasteiger partial charge >= 0.3 is 5.97 Å². The van der Waals surface area contributed by atoms with Crippen molar-refractivity contribution < 1.29 is 48.0 Å². The molecule has 45 heavy (non-hydrogen) atoms. The molecular formula is C33H36ClNO10. The van der Waals surface area contributed by atoms with Gasteiger partial charge in [-0.25, -0.2) is 14.7 Å². The number of hydroxylamine groups is 2. The van der Waals surface area contributed by atoms with Crippen LogP contribution >= 0.6 is 11.6 Å². The average Bonchev–Trinajstić information content (AvgIpc) is 3.07. The van der Waals surface area contributed by atoms with Crippen molar-refractivity contribution >= 4 is 29.3 Å². The number of rotatable bonds is 16. The smallest absolute Gasteiger partial charge is 0.372 e. The van der Waals surface area contributed by atoms with E-state index in [0.717, 1.165) is 29.0 Å². The summed E-state index contributed by atoms with van der Waals surface area (Å²) in [5.41, 5.74) is 1.77. The third kappa shape index (κ3) is 9.58. The Bertz CT molecular complexity index is 1440. The largest absolute Gasteiger partial charge is 0.497 e. The molecule has 11 nitrogen and oxygen atoms in total. The molecule has 12 heteroatoms. The van der Waals surface area contributed by atoms with Gasteiger partial charge < -0.3 is 28.8 Å². The van der Waals surface area contributed by atoms with Crippen LogP contribution in [0.4, 0.5) is 0 Å². The summed E-state index contributed by atoms with van der Waals surface area (Å²) in [4.78, 5) is 42.4. The molecule has 3 aromatic carbocycles. The van der Waals surface area contributed by atoms with E-state index in [9.17, 15) is 14.4 Å². The topological polar surface area (TPSA) is 130 Å². The van der Waals surface area contributed by atoms with Crippen LogP contribution in [0.1, 0.15) is 53.6 Å². The number of carboxylic acids is 1. The van der Waals surface area contributed by atoms with E-state index in [2.05, 4.69) is 0 Å². The first-order valence-corrected chi connectivity index (χ1v) is 14.9. The summed E-state index contributed by atoms with van der Waals surface area (Å²) in [6.45, 7) is 0.729. The Morgan fingerprint density at radius 3 is 2.07 bits per heavy atom. The predicted octanol–water partition coefficient (Wildman–Crippen LogP) is 5.85. The second-order valence-electron chi connectivity index (χ2n) is 10.2. The lowest BCUT2D eigenvalue weighted by molar-refractivity contribution is -0.267. The maximum absolute atomic E-state index is 13.8. The van der Waals surface area contributed by atoms with Gasteiger partial charge in [-0.2, -0.15) is 0 Å². The molecule has 0 aliphatic carbocycles. The van der Waals surface area contributed by atoms with Gasteiger partial charge in [-0.05, 0) is 66.8 Å². The zero-order chi connectivity index (χ0) is 32.2. The molecule has 1 unspecified atom stereocenters. The minimum Gasteiger partial charge on any atom is -0.497 e. The van der Waals surface area contributed by atoms with Crippen LogP contribution in [-0.4, -0.2) is 61.5 Å². The summed E-state index contributed by atoms with van der Waals surface area (Å²) in [5, 5.41) is 10.0. The quantitative estimate of drug-likeness (QED) is 0.150. The van der Waals surface area contributed by atoms with Crippen LogP contribution in [0.25, 0.3) is 0 Å². The molecule has 3 aromatic rings. The van der Waals surface area contributed by atoms with Gasteiger partial charge in [-0.15, -0.1) is 0 Å². The Balaban J connectivity index is 1.59. The number of ether oxygens (including phenoxy) is 5. The van der Waals surface area contributed by atoms with E-state index in [1.165, 1.54) is 6.07 Å². The van der Waals surface area contributed by atoms with Crippen LogP contribution in [0, 0.1) is 0 Å². The summed E-state index contributed by atoms with van der Waals surface area (Å²) in [7, 11) is 3.17. The van der Waals surface area contributed by atoms with Crippen molar-refractivity contribution in [1.82, 2.24) is 5.06 Å². The summed E-state index contributed by atoms with van der Waals surface area (Å²) in [5.74, 6) is -1.21. The summed E-state index contributed by atoms with van der Waals surface area (Å²) < 4.78 is 28.3. The first kappa shape index (κ1) is 33.6. The maximum Gasteiger partial charge on any atom is 0.372 e. The number of nitrogens with zero attached hydrogens (tertiary/aromatic N) is 1. The number of amides is 1. The minimum absolute atomic E-state index is 0.000479. The van der Waals surface area contributed by atoms with Crippen LogP contribution in [0.2, 0.25) is 5.02 Å². The molecule has 0 bridgehead atoms. The van der Waals surface area contributed by atoms with Crippen LogP contribution in [0.15, 0.2) is 60.7 Å². The average molecular weight is 642 g/mol. The molecule has 1 fully saturated rings. The highest BCUT2D eigenvalue weighted by atomic mass is 35.5. The summed E-state index contributed by atoms with van der Waals surface area (Å²) in [6.07, 6.45) is 1.42. The van der Waals surface area contributed by atoms with E-state index in [1.807, 2.05) is 36.4 Å². The molecule has 1 aliphatic heterocycles. The Labute approximate surface area is 266 Å². The predicted molar refractivity (Wildman–Crippen MR) is 164 cm³/mol. The van der Waals surface area contributed by atoms with E-state index in [1.54, 1.807) is 32.4 Å². The molecule has 0 saturated carbocycles. The number of benzene rings is 3. The summed E-state index contributed by atoms with van der Waals surface area (Å²) in [6, 6.07) is 17.8. The molecule has 4 rings (SSSR count). The monoisotopic (exact) mass is 641 g/mol. The van der Waals surface area contributed by atoms with Crippen LogP contribution in [0.5, 0.6) is 23.0 Å². The third-order valence-electron chi connectivity index (χ3n) is 7.00. The standard InChI is InChI=1S/C33H36ClNO10/c1-40-24-12-8-22(9-13-24)20-43-28-17-16-26(30(34)31(28)44-21-23-10-14-25(41-2)15-11-23)32(37)35(18-5-6-27(36)33(38)39)45-29-7-3-4-19-42-29/h8-17,29H,3-7,18-21H2,1-2H3,(H,38,39). The Morgan fingerprint density at radius 1 is 0.889 bits per heavy atom. The number of carbonyl (C=O) groups excluding carboxylic acids is 2. The molecule has 240 valence electrons. The van der Waals surface area contributed by atoms with Gasteiger partial charge in [0.05, 0.1) is 24.8 Å². The Kier molecular flexibility index (Phi) is 12.4. The Morgan fingerprint density at radius 2 is 1.51 bits per heavy atom. The van der Waals surface area contributed by atoms with Crippen molar-refractivity contribution in [3.63, 3.8) is 0 Å². The highest BCUT2D eigenvalue weighted by molar-refractivity contribution is 6.35. The van der Waals surface area contributed by atoms with Crippen LogP contribution in [-0.2, 0) is 32.4 Å². The maximum atomic E-state index is 13.8. The van der Waals surface area contributed by atoms with Gasteiger partial charge in [0.15, 0.2) is 17.8 Å². The number of Topliss-reactive ketones (excluding diaryl/α,β-unsaturated/α-hetero) is 1. The highest BCUT2D eigenvalue weighted by Gasteiger charge is 2.28. The summed E-state index contributed by atoms with van der Waals surface area (Å²) >= 11 is 6.85. The first-order valence-electron chi connectivity index (χ1n) is 14.5. The third-order valence-corrected chi connectivity index (χ3v) is 7.38. The van der Waals surface area contributed by atoms with Gasteiger partial charge in [0.2, 0.25) is 5.78 Å². The fourth-order valence-electron chi connectivity index (χ4n) is 4.47. The lowest BCUT2D eigenvalue weighted by Crippen LogP contribution is -2.38. The van der Waals surface area contributed by atoms with Crippen molar-refractivity contribution in [3.8, 4) is 23.0 Å². The van der Waals surface area contributed by atoms with E-state index in [-0.39, 0.29) is 48.9 Å². The zero-order valence-electron chi connectivity index (χ0n) is 25.2. The van der Waals surface area contributed by atoms with Crippen molar-refractivity contribution in [2.24, 2.45) is 0 Å². The van der Waals surface area contributed by atoms with Gasteiger partial charge in [0.1, 0.15) is 24.7 Å². The number of ketones is 1. The minimum atomic E-state index is -1.53. The number of hydrogen-bond donors (Lipinski definition) is 1. The number of carboxylic acid groups (broad SMARTS) is 1. The van der Waals surface area contributed by atoms with Crippen molar-refractivity contribution in [2.45, 2.75) is 51.6 Å². The van der Waals surface area contributed by atoms with Crippen molar-refractivity contribution in [3.05, 3.63) is 82.4 Å². The number of hydrogen-bond acceptors (Lipinski definition) is 9. The normalized spacial score (nSPS) is 14.3. The lowest BCUT2D eigenvalue weighted by atomic mass is 10.1. The Hall–Kier alpha value is -4.32. The molecule has 1 N–H and O–H groups in total. The fraction of sp³-hybridized carbons (Fsp3) is 0.364. The van der Waals surface area contributed by atoms with Gasteiger partial charge in [0.25, 0.3) is 5.91 Å². The van der Waals surface area contributed by atoms with E-state index < -0.39 is 23.9 Å². The molecule has 0 radical (unpaired) electrons. The number of aliphatic carboxylic acids is 1. The molecular weight excluding hydrogens is 606 g/mol.